The lowest BCUT2D eigenvalue weighted by Gasteiger charge is -2.36. The monoisotopic (exact) mass is 240 g/mol. The Morgan fingerprint density at radius 2 is 1.94 bits per heavy atom. The molecule has 0 saturated heterocycles. The molecule has 1 atom stereocenters. The SMILES string of the molecule is CCN(C)C(=O)C(C)NC1CCC(C)(C)CC1. The van der Waals surface area contributed by atoms with Crippen LogP contribution in [0.4, 0.5) is 0 Å². The zero-order valence-corrected chi connectivity index (χ0v) is 12.0. The molecule has 100 valence electrons. The van der Waals surface area contributed by atoms with Crippen molar-refractivity contribution in [2.75, 3.05) is 13.6 Å². The average Bonchev–Trinajstić information content (AvgIpc) is 2.29. The first-order chi connectivity index (χ1) is 7.85. The first kappa shape index (κ1) is 14.5. The van der Waals surface area contributed by atoms with Crippen molar-refractivity contribution in [3.63, 3.8) is 0 Å². The summed E-state index contributed by atoms with van der Waals surface area (Å²) in [6.45, 7) is 9.44. The number of amides is 1. The Balaban J connectivity index is 2.37. The molecular weight excluding hydrogens is 212 g/mol. The van der Waals surface area contributed by atoms with Crippen molar-refractivity contribution in [1.82, 2.24) is 10.2 Å². The maximum absolute atomic E-state index is 11.9. The largest absolute Gasteiger partial charge is 0.345 e. The van der Waals surface area contributed by atoms with Crippen LogP contribution in [0, 0.1) is 5.41 Å². The normalized spacial score (nSPS) is 22.2. The predicted molar refractivity (Wildman–Crippen MR) is 71.9 cm³/mol. The maximum atomic E-state index is 11.9. The molecule has 1 amide bonds. The molecule has 0 aromatic carbocycles. The van der Waals surface area contributed by atoms with Gasteiger partial charge in [-0.3, -0.25) is 4.79 Å². The summed E-state index contributed by atoms with van der Waals surface area (Å²) in [5, 5.41) is 3.48. The number of likely N-dealkylation sites (N-methyl/N-ethyl adjacent to an activating group) is 1. The zero-order chi connectivity index (χ0) is 13.1. The van der Waals surface area contributed by atoms with Gasteiger partial charge in [0.2, 0.25) is 5.91 Å². The van der Waals surface area contributed by atoms with Crippen LogP contribution < -0.4 is 5.32 Å². The highest BCUT2D eigenvalue weighted by atomic mass is 16.2. The highest BCUT2D eigenvalue weighted by Crippen LogP contribution is 2.35. The summed E-state index contributed by atoms with van der Waals surface area (Å²) < 4.78 is 0. The zero-order valence-electron chi connectivity index (χ0n) is 12.0. The van der Waals surface area contributed by atoms with Gasteiger partial charge < -0.3 is 10.2 Å². The Labute approximate surface area is 106 Å². The van der Waals surface area contributed by atoms with Crippen molar-refractivity contribution in [3.05, 3.63) is 0 Å². The molecule has 1 N–H and O–H groups in total. The van der Waals surface area contributed by atoms with E-state index in [1.807, 2.05) is 20.9 Å². The number of hydrogen-bond donors (Lipinski definition) is 1. The Morgan fingerprint density at radius 3 is 2.41 bits per heavy atom. The van der Waals surface area contributed by atoms with Crippen LogP contribution in [0.1, 0.15) is 53.4 Å². The molecule has 1 saturated carbocycles. The van der Waals surface area contributed by atoms with E-state index in [-0.39, 0.29) is 11.9 Å². The van der Waals surface area contributed by atoms with Gasteiger partial charge in [-0.2, -0.15) is 0 Å². The molecule has 1 rings (SSSR count). The average molecular weight is 240 g/mol. The van der Waals surface area contributed by atoms with Crippen LogP contribution in [0.2, 0.25) is 0 Å². The second-order valence-corrected chi connectivity index (χ2v) is 6.18. The molecule has 1 unspecified atom stereocenters. The predicted octanol–water partition coefficient (Wildman–Crippen LogP) is 2.41. The summed E-state index contributed by atoms with van der Waals surface area (Å²) in [6, 6.07) is 0.471. The van der Waals surface area contributed by atoms with Crippen LogP contribution in [0.3, 0.4) is 0 Å². The van der Waals surface area contributed by atoms with Crippen LogP contribution in [0.5, 0.6) is 0 Å². The van der Waals surface area contributed by atoms with E-state index in [1.165, 1.54) is 25.7 Å². The van der Waals surface area contributed by atoms with E-state index < -0.39 is 0 Å². The van der Waals surface area contributed by atoms with Gasteiger partial charge in [-0.05, 0) is 44.9 Å². The summed E-state index contributed by atoms with van der Waals surface area (Å²) in [5.74, 6) is 0.206. The molecule has 0 radical (unpaired) electrons. The standard InChI is InChI=1S/C14H28N2O/c1-6-16(5)13(17)11(2)15-12-7-9-14(3,4)10-8-12/h11-12,15H,6-10H2,1-5H3. The fourth-order valence-corrected chi connectivity index (χ4v) is 2.48. The molecule has 1 aliphatic carbocycles. The number of rotatable bonds is 4. The first-order valence-electron chi connectivity index (χ1n) is 6.87. The maximum Gasteiger partial charge on any atom is 0.239 e. The molecule has 3 heteroatoms. The van der Waals surface area contributed by atoms with Crippen LogP contribution in [0.25, 0.3) is 0 Å². The van der Waals surface area contributed by atoms with Crippen molar-refractivity contribution in [2.45, 2.75) is 65.5 Å². The Bertz CT molecular complexity index is 253. The third kappa shape index (κ3) is 4.30. The molecule has 3 nitrogen and oxygen atoms in total. The van der Waals surface area contributed by atoms with E-state index in [2.05, 4.69) is 19.2 Å². The molecular formula is C14H28N2O. The Morgan fingerprint density at radius 1 is 1.41 bits per heavy atom. The Kier molecular flexibility index (Phi) is 4.99. The fourth-order valence-electron chi connectivity index (χ4n) is 2.48. The van der Waals surface area contributed by atoms with E-state index in [4.69, 9.17) is 0 Å². The van der Waals surface area contributed by atoms with Crippen LogP contribution in [-0.2, 0) is 4.79 Å². The molecule has 1 fully saturated rings. The van der Waals surface area contributed by atoms with Gasteiger partial charge in [-0.15, -0.1) is 0 Å². The lowest BCUT2D eigenvalue weighted by atomic mass is 9.75. The van der Waals surface area contributed by atoms with Crippen molar-refractivity contribution in [1.29, 1.82) is 0 Å². The van der Waals surface area contributed by atoms with Gasteiger partial charge in [0.15, 0.2) is 0 Å². The van der Waals surface area contributed by atoms with E-state index in [1.54, 1.807) is 4.90 Å². The number of nitrogens with one attached hydrogen (secondary N) is 1. The topological polar surface area (TPSA) is 32.3 Å². The molecule has 0 aromatic rings. The summed E-state index contributed by atoms with van der Waals surface area (Å²) in [4.78, 5) is 13.7. The minimum Gasteiger partial charge on any atom is -0.345 e. The lowest BCUT2D eigenvalue weighted by Crippen LogP contribution is -2.48. The minimum absolute atomic E-state index is 0.0498. The van der Waals surface area contributed by atoms with Crippen molar-refractivity contribution in [3.8, 4) is 0 Å². The van der Waals surface area contributed by atoms with Gasteiger partial charge in [0.1, 0.15) is 0 Å². The molecule has 0 aliphatic heterocycles. The van der Waals surface area contributed by atoms with E-state index in [9.17, 15) is 4.79 Å². The van der Waals surface area contributed by atoms with E-state index in [0.717, 1.165) is 6.54 Å². The van der Waals surface area contributed by atoms with Crippen LogP contribution in [0.15, 0.2) is 0 Å². The quantitative estimate of drug-likeness (QED) is 0.818. The van der Waals surface area contributed by atoms with Gasteiger partial charge in [0.25, 0.3) is 0 Å². The summed E-state index contributed by atoms with van der Waals surface area (Å²) in [7, 11) is 1.87. The van der Waals surface area contributed by atoms with E-state index in [0.29, 0.717) is 11.5 Å². The van der Waals surface area contributed by atoms with Gasteiger partial charge in [-0.25, -0.2) is 0 Å². The minimum atomic E-state index is -0.0498. The van der Waals surface area contributed by atoms with Gasteiger partial charge in [0.05, 0.1) is 6.04 Å². The van der Waals surface area contributed by atoms with E-state index >= 15 is 0 Å². The number of carbonyl (C=O) groups is 1. The summed E-state index contributed by atoms with van der Waals surface area (Å²) >= 11 is 0. The van der Waals surface area contributed by atoms with Gasteiger partial charge >= 0.3 is 0 Å². The van der Waals surface area contributed by atoms with Crippen molar-refractivity contribution >= 4 is 5.91 Å². The highest BCUT2D eigenvalue weighted by molar-refractivity contribution is 5.81. The van der Waals surface area contributed by atoms with Crippen molar-refractivity contribution in [2.24, 2.45) is 5.41 Å². The molecule has 1 aliphatic rings. The third-order valence-corrected chi connectivity index (χ3v) is 4.05. The number of nitrogens with zero attached hydrogens (tertiary/aromatic N) is 1. The first-order valence-corrected chi connectivity index (χ1v) is 6.87. The number of carbonyl (C=O) groups excluding carboxylic acids is 1. The Hall–Kier alpha value is -0.570. The number of hydrogen-bond acceptors (Lipinski definition) is 2. The van der Waals surface area contributed by atoms with Crippen LogP contribution in [-0.4, -0.2) is 36.5 Å². The van der Waals surface area contributed by atoms with Crippen LogP contribution >= 0.6 is 0 Å². The van der Waals surface area contributed by atoms with Gasteiger partial charge in [0, 0.05) is 19.6 Å². The van der Waals surface area contributed by atoms with Crippen molar-refractivity contribution < 1.29 is 4.79 Å². The summed E-state index contributed by atoms with van der Waals surface area (Å²) in [5.41, 5.74) is 0.492. The second kappa shape index (κ2) is 5.85. The second-order valence-electron chi connectivity index (χ2n) is 6.18. The third-order valence-electron chi connectivity index (χ3n) is 4.05. The fraction of sp³-hybridized carbons (Fsp3) is 0.929. The molecule has 0 bridgehead atoms. The summed E-state index contributed by atoms with van der Waals surface area (Å²) in [6.07, 6.45) is 4.91. The molecule has 0 aromatic heterocycles. The van der Waals surface area contributed by atoms with Gasteiger partial charge in [-0.1, -0.05) is 13.8 Å². The lowest BCUT2D eigenvalue weighted by molar-refractivity contribution is -0.131. The smallest absolute Gasteiger partial charge is 0.239 e. The molecule has 0 spiro atoms. The molecule has 0 heterocycles. The highest BCUT2D eigenvalue weighted by Gasteiger charge is 2.28. The molecule has 17 heavy (non-hydrogen) atoms.